The molecule has 24 heavy (non-hydrogen) atoms. The van der Waals surface area contributed by atoms with Crippen LogP contribution in [0.3, 0.4) is 0 Å². The van der Waals surface area contributed by atoms with Crippen molar-refractivity contribution in [3.8, 4) is 11.4 Å². The first-order chi connectivity index (χ1) is 11.6. The van der Waals surface area contributed by atoms with Gasteiger partial charge >= 0.3 is 0 Å². The molecule has 9 heteroatoms. The molecule has 0 unspecified atom stereocenters. The van der Waals surface area contributed by atoms with Crippen molar-refractivity contribution < 1.29 is 14.2 Å². The Labute approximate surface area is 140 Å². The number of rotatable bonds is 6. The Hall–Kier alpha value is -3.07. The molecule has 2 aromatic heterocycles. The summed E-state index contributed by atoms with van der Waals surface area (Å²) in [6, 6.07) is 9.55. The van der Waals surface area contributed by atoms with E-state index in [4.69, 9.17) is 4.52 Å². The second-order valence-corrected chi connectivity index (χ2v) is 5.75. The maximum absolute atomic E-state index is 11.8. The molecule has 0 saturated heterocycles. The second kappa shape index (κ2) is 7.01. The smallest absolute Gasteiger partial charge is 0.270 e. The average molecular weight is 344 g/mol. The number of hydrogen-bond acceptors (Lipinski definition) is 7. The molecular formula is C15H12N4O4S. The summed E-state index contributed by atoms with van der Waals surface area (Å²) in [5.74, 6) is 0.477. The lowest BCUT2D eigenvalue weighted by atomic mass is 10.2. The number of nitrogens with zero attached hydrogens (tertiary/aromatic N) is 3. The van der Waals surface area contributed by atoms with Crippen LogP contribution in [0.4, 0.5) is 5.69 Å². The zero-order valence-corrected chi connectivity index (χ0v) is 13.2. The molecule has 3 aromatic rings. The summed E-state index contributed by atoms with van der Waals surface area (Å²) in [6.45, 7) is 0.354. The molecule has 1 amide bonds. The summed E-state index contributed by atoms with van der Waals surface area (Å²) in [4.78, 5) is 26.9. The molecule has 3 rings (SSSR count). The van der Waals surface area contributed by atoms with Crippen LogP contribution in [-0.4, -0.2) is 27.5 Å². The monoisotopic (exact) mass is 344 g/mol. The lowest BCUT2D eigenvalue weighted by molar-refractivity contribution is -0.384. The molecule has 0 aliphatic carbocycles. The predicted molar refractivity (Wildman–Crippen MR) is 86.7 cm³/mol. The molecule has 0 atom stereocenters. The number of nitrogens with one attached hydrogen (secondary N) is 1. The number of nitro groups is 1. The predicted octanol–water partition coefficient (Wildman–Crippen LogP) is 2.68. The van der Waals surface area contributed by atoms with E-state index in [1.807, 2.05) is 11.4 Å². The first-order valence-electron chi connectivity index (χ1n) is 7.02. The summed E-state index contributed by atoms with van der Waals surface area (Å²) >= 11 is 1.36. The molecule has 0 radical (unpaired) electrons. The number of non-ortho nitro benzene ring substituents is 1. The summed E-state index contributed by atoms with van der Waals surface area (Å²) in [6.07, 6.45) is 0.374. The highest BCUT2D eigenvalue weighted by Crippen LogP contribution is 2.21. The van der Waals surface area contributed by atoms with Crippen molar-refractivity contribution in [1.82, 2.24) is 15.5 Å². The summed E-state index contributed by atoms with van der Waals surface area (Å²) in [7, 11) is 0. The van der Waals surface area contributed by atoms with Crippen molar-refractivity contribution in [1.29, 1.82) is 0 Å². The van der Waals surface area contributed by atoms with Crippen LogP contribution in [-0.2, 0) is 6.42 Å². The Morgan fingerprint density at radius 2 is 2.21 bits per heavy atom. The zero-order chi connectivity index (χ0) is 16.9. The van der Waals surface area contributed by atoms with Crippen molar-refractivity contribution in [2.45, 2.75) is 6.42 Å². The maximum atomic E-state index is 11.8. The van der Waals surface area contributed by atoms with Gasteiger partial charge < -0.3 is 9.84 Å². The van der Waals surface area contributed by atoms with Crippen LogP contribution in [0.15, 0.2) is 46.3 Å². The average Bonchev–Trinajstić information content (AvgIpc) is 3.27. The second-order valence-electron chi connectivity index (χ2n) is 4.80. The summed E-state index contributed by atoms with van der Waals surface area (Å²) in [5, 5.41) is 19.2. The minimum Gasteiger partial charge on any atom is -0.351 e. The minimum absolute atomic E-state index is 0.0398. The fourth-order valence-electron chi connectivity index (χ4n) is 2.01. The molecule has 0 aliphatic rings. The Balaban J connectivity index is 1.60. The highest BCUT2D eigenvalue weighted by molar-refractivity contribution is 7.12. The first-order valence-corrected chi connectivity index (χ1v) is 7.90. The number of hydrogen-bond donors (Lipinski definition) is 1. The maximum Gasteiger partial charge on any atom is 0.270 e. The zero-order valence-electron chi connectivity index (χ0n) is 12.3. The Kier molecular flexibility index (Phi) is 4.62. The quantitative estimate of drug-likeness (QED) is 0.543. The number of carbonyl (C=O) groups is 1. The number of thiophene rings is 1. The van der Waals surface area contributed by atoms with E-state index in [0.717, 1.165) is 0 Å². The third kappa shape index (κ3) is 3.63. The van der Waals surface area contributed by atoms with Gasteiger partial charge in [-0.25, -0.2) is 0 Å². The van der Waals surface area contributed by atoms with Gasteiger partial charge in [-0.05, 0) is 11.4 Å². The van der Waals surface area contributed by atoms with Crippen LogP contribution < -0.4 is 5.32 Å². The highest BCUT2D eigenvalue weighted by atomic mass is 32.1. The van der Waals surface area contributed by atoms with Crippen LogP contribution in [0.1, 0.15) is 15.6 Å². The summed E-state index contributed by atoms with van der Waals surface area (Å²) < 4.78 is 5.11. The molecule has 0 saturated carbocycles. The van der Waals surface area contributed by atoms with Crippen molar-refractivity contribution in [3.63, 3.8) is 0 Å². The van der Waals surface area contributed by atoms with E-state index in [1.54, 1.807) is 18.2 Å². The van der Waals surface area contributed by atoms with Gasteiger partial charge in [0.15, 0.2) is 0 Å². The van der Waals surface area contributed by atoms with E-state index < -0.39 is 4.92 Å². The van der Waals surface area contributed by atoms with E-state index in [1.165, 1.54) is 23.5 Å². The van der Waals surface area contributed by atoms with Gasteiger partial charge in [0.05, 0.1) is 9.80 Å². The third-order valence-electron chi connectivity index (χ3n) is 3.15. The molecule has 0 spiro atoms. The fraction of sp³-hybridized carbons (Fsp3) is 0.133. The van der Waals surface area contributed by atoms with E-state index >= 15 is 0 Å². The van der Waals surface area contributed by atoms with Crippen LogP contribution in [0.2, 0.25) is 0 Å². The van der Waals surface area contributed by atoms with Gasteiger partial charge in [0.25, 0.3) is 11.6 Å². The Morgan fingerprint density at radius 3 is 2.96 bits per heavy atom. The molecule has 0 fully saturated rings. The topological polar surface area (TPSA) is 111 Å². The number of carbonyl (C=O) groups excluding carboxylic acids is 1. The van der Waals surface area contributed by atoms with E-state index in [2.05, 4.69) is 15.5 Å². The third-order valence-corrected chi connectivity index (χ3v) is 4.02. The molecule has 1 N–H and O–H groups in total. The number of aromatic nitrogens is 2. The summed E-state index contributed by atoms with van der Waals surface area (Å²) in [5.41, 5.74) is 0.462. The lowest BCUT2D eigenvalue weighted by Gasteiger charge is -2.00. The highest BCUT2D eigenvalue weighted by Gasteiger charge is 2.13. The number of benzene rings is 1. The SMILES string of the molecule is O=C(NCCc1nc(-c2cccc([N+](=O)[O-])c2)no1)c1cccs1. The van der Waals surface area contributed by atoms with Gasteiger partial charge in [0.1, 0.15) is 0 Å². The van der Waals surface area contributed by atoms with E-state index in [9.17, 15) is 14.9 Å². The standard InChI is InChI=1S/C15H12N4O4S/c20-15(12-5-2-8-24-12)16-7-6-13-17-14(18-23-13)10-3-1-4-11(9-10)19(21)22/h1-5,8-9H,6-7H2,(H,16,20). The Morgan fingerprint density at radius 1 is 1.33 bits per heavy atom. The molecule has 1 aromatic carbocycles. The van der Waals surface area contributed by atoms with Crippen molar-refractivity contribution in [2.75, 3.05) is 6.54 Å². The lowest BCUT2D eigenvalue weighted by Crippen LogP contribution is -2.24. The van der Waals surface area contributed by atoms with Gasteiger partial charge in [-0.3, -0.25) is 14.9 Å². The van der Waals surface area contributed by atoms with Crippen LogP contribution in [0.5, 0.6) is 0 Å². The van der Waals surface area contributed by atoms with Gasteiger partial charge in [-0.1, -0.05) is 23.4 Å². The molecule has 2 heterocycles. The molecular weight excluding hydrogens is 332 g/mol. The molecule has 0 bridgehead atoms. The normalized spacial score (nSPS) is 10.5. The van der Waals surface area contributed by atoms with Gasteiger partial charge in [0, 0.05) is 30.7 Å². The fourth-order valence-corrected chi connectivity index (χ4v) is 2.65. The number of nitro benzene ring substituents is 1. The minimum atomic E-state index is -0.482. The van der Waals surface area contributed by atoms with Crippen molar-refractivity contribution >= 4 is 22.9 Å². The molecule has 0 aliphatic heterocycles. The van der Waals surface area contributed by atoms with Crippen LogP contribution in [0, 0.1) is 10.1 Å². The van der Waals surface area contributed by atoms with Gasteiger partial charge in [0.2, 0.25) is 11.7 Å². The molecule has 8 nitrogen and oxygen atoms in total. The first kappa shape index (κ1) is 15.8. The largest absolute Gasteiger partial charge is 0.351 e. The molecule has 122 valence electrons. The van der Waals surface area contributed by atoms with Crippen LogP contribution in [0.25, 0.3) is 11.4 Å². The van der Waals surface area contributed by atoms with Gasteiger partial charge in [-0.15, -0.1) is 11.3 Å². The van der Waals surface area contributed by atoms with E-state index in [-0.39, 0.29) is 17.4 Å². The van der Waals surface area contributed by atoms with Gasteiger partial charge in [-0.2, -0.15) is 4.98 Å². The van der Waals surface area contributed by atoms with Crippen molar-refractivity contribution in [3.05, 3.63) is 62.7 Å². The number of amides is 1. The van der Waals surface area contributed by atoms with Crippen molar-refractivity contribution in [2.24, 2.45) is 0 Å². The van der Waals surface area contributed by atoms with E-state index in [0.29, 0.717) is 29.3 Å². The Bertz CT molecular complexity index is 860. The van der Waals surface area contributed by atoms with Crippen LogP contribution >= 0.6 is 11.3 Å².